The monoisotopic (exact) mass is 276 g/mol. The van der Waals surface area contributed by atoms with Crippen LogP contribution in [0.25, 0.3) is 0 Å². The fourth-order valence-corrected chi connectivity index (χ4v) is 2.00. The SMILES string of the molecule is CC(C)CN(Cc1noc(CN)n1)c1cccc(O)c1. The lowest BCUT2D eigenvalue weighted by Crippen LogP contribution is -2.27. The topological polar surface area (TPSA) is 88.4 Å². The highest BCUT2D eigenvalue weighted by atomic mass is 16.5. The molecule has 0 aliphatic carbocycles. The van der Waals surface area contributed by atoms with Gasteiger partial charge in [0.1, 0.15) is 5.75 Å². The smallest absolute Gasteiger partial charge is 0.240 e. The summed E-state index contributed by atoms with van der Waals surface area (Å²) in [5, 5.41) is 13.5. The Hall–Kier alpha value is -2.08. The van der Waals surface area contributed by atoms with Crippen LogP contribution in [-0.4, -0.2) is 21.8 Å². The highest BCUT2D eigenvalue weighted by Crippen LogP contribution is 2.22. The van der Waals surface area contributed by atoms with Crippen molar-refractivity contribution in [3.05, 3.63) is 36.0 Å². The van der Waals surface area contributed by atoms with Gasteiger partial charge >= 0.3 is 0 Å². The van der Waals surface area contributed by atoms with Crippen molar-refractivity contribution in [3.8, 4) is 5.75 Å². The Morgan fingerprint density at radius 3 is 2.80 bits per heavy atom. The van der Waals surface area contributed by atoms with Gasteiger partial charge in [-0.1, -0.05) is 25.1 Å². The van der Waals surface area contributed by atoms with Crippen LogP contribution >= 0.6 is 0 Å². The van der Waals surface area contributed by atoms with Crippen molar-refractivity contribution in [2.45, 2.75) is 26.9 Å². The van der Waals surface area contributed by atoms with Gasteiger partial charge in [0, 0.05) is 18.3 Å². The van der Waals surface area contributed by atoms with E-state index in [4.69, 9.17) is 10.3 Å². The van der Waals surface area contributed by atoms with Gasteiger partial charge in [-0.25, -0.2) is 0 Å². The molecule has 0 unspecified atom stereocenters. The molecule has 1 aromatic carbocycles. The zero-order chi connectivity index (χ0) is 14.5. The summed E-state index contributed by atoms with van der Waals surface area (Å²) in [6, 6.07) is 7.15. The summed E-state index contributed by atoms with van der Waals surface area (Å²) in [4.78, 5) is 6.32. The minimum absolute atomic E-state index is 0.239. The van der Waals surface area contributed by atoms with E-state index in [9.17, 15) is 5.11 Å². The number of anilines is 1. The third-order valence-electron chi connectivity index (χ3n) is 2.80. The Morgan fingerprint density at radius 1 is 1.40 bits per heavy atom. The van der Waals surface area contributed by atoms with Crippen LogP contribution in [0.3, 0.4) is 0 Å². The van der Waals surface area contributed by atoms with E-state index in [1.54, 1.807) is 12.1 Å². The van der Waals surface area contributed by atoms with Crippen LogP contribution in [0, 0.1) is 5.92 Å². The fourth-order valence-electron chi connectivity index (χ4n) is 2.00. The lowest BCUT2D eigenvalue weighted by molar-refractivity contribution is 0.374. The molecule has 0 aliphatic rings. The lowest BCUT2D eigenvalue weighted by Gasteiger charge is -2.25. The van der Waals surface area contributed by atoms with Gasteiger partial charge in [-0.2, -0.15) is 4.98 Å². The summed E-state index contributed by atoms with van der Waals surface area (Å²) in [7, 11) is 0. The number of aromatic hydroxyl groups is 1. The predicted molar refractivity (Wildman–Crippen MR) is 76.2 cm³/mol. The summed E-state index contributed by atoms with van der Waals surface area (Å²) in [5.74, 6) is 1.74. The van der Waals surface area contributed by atoms with E-state index in [1.807, 2.05) is 12.1 Å². The van der Waals surface area contributed by atoms with E-state index in [1.165, 1.54) is 0 Å². The van der Waals surface area contributed by atoms with Crippen LogP contribution in [0.4, 0.5) is 5.69 Å². The molecule has 0 bridgehead atoms. The molecular formula is C14H20N4O2. The minimum atomic E-state index is 0.239. The first-order valence-corrected chi connectivity index (χ1v) is 6.64. The van der Waals surface area contributed by atoms with Gasteiger partial charge in [0.05, 0.1) is 13.1 Å². The first kappa shape index (κ1) is 14.3. The highest BCUT2D eigenvalue weighted by molar-refractivity contribution is 5.50. The van der Waals surface area contributed by atoms with Crippen LogP contribution < -0.4 is 10.6 Å². The molecule has 3 N–H and O–H groups in total. The van der Waals surface area contributed by atoms with Crippen LogP contribution in [0.1, 0.15) is 25.6 Å². The first-order chi connectivity index (χ1) is 9.58. The van der Waals surface area contributed by atoms with Crippen molar-refractivity contribution in [2.24, 2.45) is 11.7 Å². The van der Waals surface area contributed by atoms with E-state index in [-0.39, 0.29) is 12.3 Å². The Kier molecular flexibility index (Phi) is 4.57. The van der Waals surface area contributed by atoms with Gasteiger partial charge in [-0.05, 0) is 18.1 Å². The molecule has 20 heavy (non-hydrogen) atoms. The zero-order valence-corrected chi connectivity index (χ0v) is 11.8. The molecule has 0 amide bonds. The van der Waals surface area contributed by atoms with Gasteiger partial charge in [-0.3, -0.25) is 0 Å². The van der Waals surface area contributed by atoms with E-state index >= 15 is 0 Å². The number of hydrogen-bond acceptors (Lipinski definition) is 6. The minimum Gasteiger partial charge on any atom is -0.508 e. The molecule has 108 valence electrons. The molecule has 0 saturated carbocycles. The largest absolute Gasteiger partial charge is 0.508 e. The number of rotatable bonds is 6. The zero-order valence-electron chi connectivity index (χ0n) is 11.8. The number of nitrogens with zero attached hydrogens (tertiary/aromatic N) is 3. The lowest BCUT2D eigenvalue weighted by atomic mass is 10.2. The third-order valence-corrected chi connectivity index (χ3v) is 2.80. The maximum Gasteiger partial charge on any atom is 0.240 e. The Labute approximate surface area is 118 Å². The fraction of sp³-hybridized carbons (Fsp3) is 0.429. The van der Waals surface area contributed by atoms with Crippen molar-refractivity contribution in [1.29, 1.82) is 0 Å². The summed E-state index contributed by atoms with van der Waals surface area (Å²) in [5.41, 5.74) is 6.39. The third kappa shape index (κ3) is 3.71. The second-order valence-corrected chi connectivity index (χ2v) is 5.10. The number of benzene rings is 1. The first-order valence-electron chi connectivity index (χ1n) is 6.64. The number of phenols is 1. The quantitative estimate of drug-likeness (QED) is 0.837. The van der Waals surface area contributed by atoms with Gasteiger partial charge in [0.15, 0.2) is 5.82 Å². The molecule has 2 rings (SSSR count). The molecule has 6 heteroatoms. The summed E-state index contributed by atoms with van der Waals surface area (Å²) < 4.78 is 5.02. The summed E-state index contributed by atoms with van der Waals surface area (Å²) >= 11 is 0. The van der Waals surface area contributed by atoms with E-state index in [0.29, 0.717) is 24.2 Å². The number of nitrogens with two attached hydrogens (primary N) is 1. The van der Waals surface area contributed by atoms with E-state index in [2.05, 4.69) is 28.9 Å². The molecule has 0 spiro atoms. The predicted octanol–water partition coefficient (Wildman–Crippen LogP) is 1.90. The second-order valence-electron chi connectivity index (χ2n) is 5.10. The van der Waals surface area contributed by atoms with Crippen molar-refractivity contribution >= 4 is 5.69 Å². The number of hydrogen-bond donors (Lipinski definition) is 2. The molecule has 0 radical (unpaired) electrons. The van der Waals surface area contributed by atoms with Crippen LogP contribution in [0.5, 0.6) is 5.75 Å². The molecule has 6 nitrogen and oxygen atoms in total. The molecule has 0 fully saturated rings. The molecular weight excluding hydrogens is 256 g/mol. The van der Waals surface area contributed by atoms with Crippen molar-refractivity contribution in [3.63, 3.8) is 0 Å². The van der Waals surface area contributed by atoms with Crippen molar-refractivity contribution in [1.82, 2.24) is 10.1 Å². The molecule has 1 aromatic heterocycles. The molecule has 2 aromatic rings. The van der Waals surface area contributed by atoms with Crippen molar-refractivity contribution in [2.75, 3.05) is 11.4 Å². The Morgan fingerprint density at radius 2 is 2.20 bits per heavy atom. The summed E-state index contributed by atoms with van der Waals surface area (Å²) in [6.45, 7) is 5.86. The molecule has 0 atom stereocenters. The van der Waals surface area contributed by atoms with Gasteiger partial charge in [0.2, 0.25) is 5.89 Å². The highest BCUT2D eigenvalue weighted by Gasteiger charge is 2.14. The van der Waals surface area contributed by atoms with Crippen LogP contribution in [-0.2, 0) is 13.1 Å². The second kappa shape index (κ2) is 6.38. The van der Waals surface area contributed by atoms with Crippen LogP contribution in [0.2, 0.25) is 0 Å². The van der Waals surface area contributed by atoms with Crippen molar-refractivity contribution < 1.29 is 9.63 Å². The molecule has 0 aliphatic heterocycles. The van der Waals surface area contributed by atoms with Gasteiger partial charge in [-0.15, -0.1) is 0 Å². The average molecular weight is 276 g/mol. The van der Waals surface area contributed by atoms with Gasteiger partial charge in [0.25, 0.3) is 0 Å². The van der Waals surface area contributed by atoms with Crippen LogP contribution in [0.15, 0.2) is 28.8 Å². The maximum absolute atomic E-state index is 9.61. The Bertz CT molecular complexity index is 554. The maximum atomic E-state index is 9.61. The number of phenolic OH excluding ortho intramolecular Hbond substituents is 1. The average Bonchev–Trinajstić information content (AvgIpc) is 2.85. The molecule has 1 heterocycles. The van der Waals surface area contributed by atoms with Gasteiger partial charge < -0.3 is 20.3 Å². The summed E-state index contributed by atoms with van der Waals surface area (Å²) in [6.07, 6.45) is 0. The number of aromatic nitrogens is 2. The van der Waals surface area contributed by atoms with E-state index < -0.39 is 0 Å². The van der Waals surface area contributed by atoms with E-state index in [0.717, 1.165) is 12.2 Å². The standard InChI is InChI=1S/C14H20N4O2/c1-10(2)8-18(11-4-3-5-12(19)6-11)9-13-16-14(7-15)20-17-13/h3-6,10,19H,7-9,15H2,1-2H3. The molecule has 0 saturated heterocycles. The Balaban J connectivity index is 2.19. The normalized spacial score (nSPS) is 11.0.